The van der Waals surface area contributed by atoms with Crippen LogP contribution in [0.3, 0.4) is 0 Å². The summed E-state index contributed by atoms with van der Waals surface area (Å²) >= 11 is 0. The molecule has 0 aromatic heterocycles. The van der Waals surface area contributed by atoms with E-state index in [4.69, 9.17) is 0 Å². The van der Waals surface area contributed by atoms with Crippen molar-refractivity contribution in [2.24, 2.45) is 11.8 Å². The molecule has 84 valence electrons. The summed E-state index contributed by atoms with van der Waals surface area (Å²) in [5, 5.41) is 3.41. The van der Waals surface area contributed by atoms with Crippen molar-refractivity contribution in [3.05, 3.63) is 0 Å². The quantitative estimate of drug-likeness (QED) is 0.711. The second kappa shape index (κ2) is 6.57. The molecule has 0 aromatic rings. The van der Waals surface area contributed by atoms with Crippen LogP contribution in [0.2, 0.25) is 0 Å². The van der Waals surface area contributed by atoms with Crippen molar-refractivity contribution in [1.82, 2.24) is 5.32 Å². The molecule has 1 rings (SSSR count). The summed E-state index contributed by atoms with van der Waals surface area (Å²) in [6.07, 6.45) is 7.31. The van der Waals surface area contributed by atoms with Crippen LogP contribution in [0, 0.1) is 11.8 Å². The maximum absolute atomic E-state index is 10.8. The second-order valence-electron chi connectivity index (χ2n) is 4.61. The molecule has 3 heteroatoms. The zero-order valence-electron chi connectivity index (χ0n) is 9.42. The molecule has 1 unspecified atom stereocenters. The number of hydrogen-bond acceptors (Lipinski definition) is 2. The Balaban J connectivity index is 1.99. The van der Waals surface area contributed by atoms with Crippen LogP contribution >= 0.6 is 0 Å². The number of rotatable bonds is 5. The van der Waals surface area contributed by atoms with Crippen LogP contribution in [0.4, 0.5) is 0 Å². The minimum atomic E-state index is -0.640. The lowest BCUT2D eigenvalue weighted by Gasteiger charge is -2.26. The van der Waals surface area contributed by atoms with Crippen LogP contribution in [0.15, 0.2) is 0 Å². The highest BCUT2D eigenvalue weighted by molar-refractivity contribution is 7.84. The van der Waals surface area contributed by atoms with Gasteiger partial charge < -0.3 is 5.32 Å². The smallest absolute Gasteiger partial charge is 0.0357 e. The van der Waals surface area contributed by atoms with E-state index >= 15 is 0 Å². The summed E-state index contributed by atoms with van der Waals surface area (Å²) in [5.74, 6) is 2.61. The van der Waals surface area contributed by atoms with Gasteiger partial charge in [-0.15, -0.1) is 0 Å². The topological polar surface area (TPSA) is 29.1 Å². The molecule has 14 heavy (non-hydrogen) atoms. The average molecular weight is 217 g/mol. The van der Waals surface area contributed by atoms with Crippen molar-refractivity contribution in [1.29, 1.82) is 0 Å². The Morgan fingerprint density at radius 3 is 2.50 bits per heavy atom. The summed E-state index contributed by atoms with van der Waals surface area (Å²) < 4.78 is 10.8. The van der Waals surface area contributed by atoms with Crippen LogP contribution in [-0.2, 0) is 10.8 Å². The largest absolute Gasteiger partial charge is 0.316 e. The fraction of sp³-hybridized carbons (Fsp3) is 1.00. The van der Waals surface area contributed by atoms with E-state index in [1.807, 2.05) is 0 Å². The summed E-state index contributed by atoms with van der Waals surface area (Å²) in [6, 6.07) is 0. The van der Waals surface area contributed by atoms with E-state index < -0.39 is 10.8 Å². The molecule has 0 heterocycles. The molecule has 0 aliphatic heterocycles. The summed E-state index contributed by atoms with van der Waals surface area (Å²) in [5.41, 5.74) is 0. The van der Waals surface area contributed by atoms with Gasteiger partial charge >= 0.3 is 0 Å². The lowest BCUT2D eigenvalue weighted by atomic mass is 9.83. The van der Waals surface area contributed by atoms with E-state index in [-0.39, 0.29) is 0 Å². The molecule has 0 saturated heterocycles. The van der Waals surface area contributed by atoms with Crippen molar-refractivity contribution >= 4 is 10.8 Å². The third kappa shape index (κ3) is 5.11. The monoisotopic (exact) mass is 217 g/mol. The van der Waals surface area contributed by atoms with E-state index in [9.17, 15) is 4.21 Å². The average Bonchev–Trinajstić information content (AvgIpc) is 2.15. The van der Waals surface area contributed by atoms with Crippen molar-refractivity contribution in [2.75, 3.05) is 25.1 Å². The molecule has 0 radical (unpaired) electrons. The summed E-state index contributed by atoms with van der Waals surface area (Å²) in [4.78, 5) is 0. The van der Waals surface area contributed by atoms with Gasteiger partial charge in [0.2, 0.25) is 0 Å². The molecule has 0 bridgehead atoms. The zero-order valence-corrected chi connectivity index (χ0v) is 10.2. The maximum Gasteiger partial charge on any atom is 0.0357 e. The summed E-state index contributed by atoms with van der Waals surface area (Å²) in [7, 11) is -0.640. The van der Waals surface area contributed by atoms with Crippen LogP contribution in [-0.4, -0.2) is 29.3 Å². The molecule has 2 nitrogen and oxygen atoms in total. The minimum Gasteiger partial charge on any atom is -0.316 e. The first kappa shape index (κ1) is 12.2. The maximum atomic E-state index is 10.8. The van der Waals surface area contributed by atoms with Crippen LogP contribution < -0.4 is 5.32 Å². The van der Waals surface area contributed by atoms with Gasteiger partial charge in [0.25, 0.3) is 0 Å². The third-order valence-electron chi connectivity index (χ3n) is 3.13. The normalized spacial score (nSPS) is 30.1. The molecule has 1 atom stereocenters. The van der Waals surface area contributed by atoms with Gasteiger partial charge in [-0.05, 0) is 31.2 Å². The SMILES string of the molecule is CC1CCC(CNCCS(C)=O)CC1. The Labute approximate surface area is 90.3 Å². The molecular weight excluding hydrogens is 194 g/mol. The van der Waals surface area contributed by atoms with Gasteiger partial charge in [0.15, 0.2) is 0 Å². The van der Waals surface area contributed by atoms with Gasteiger partial charge in [0.1, 0.15) is 0 Å². The van der Waals surface area contributed by atoms with E-state index in [1.165, 1.54) is 25.7 Å². The zero-order chi connectivity index (χ0) is 10.4. The summed E-state index contributed by atoms with van der Waals surface area (Å²) in [6.45, 7) is 4.39. The molecule has 0 aromatic carbocycles. The fourth-order valence-electron chi connectivity index (χ4n) is 2.06. The first-order valence-electron chi connectivity index (χ1n) is 5.69. The fourth-order valence-corrected chi connectivity index (χ4v) is 2.49. The predicted molar refractivity (Wildman–Crippen MR) is 62.9 cm³/mol. The van der Waals surface area contributed by atoms with Gasteiger partial charge in [-0.2, -0.15) is 0 Å². The van der Waals surface area contributed by atoms with Gasteiger partial charge in [0, 0.05) is 29.4 Å². The van der Waals surface area contributed by atoms with Crippen LogP contribution in [0.1, 0.15) is 32.6 Å². The lowest BCUT2D eigenvalue weighted by Crippen LogP contribution is -2.28. The first-order valence-corrected chi connectivity index (χ1v) is 7.42. The van der Waals surface area contributed by atoms with Gasteiger partial charge in [-0.25, -0.2) is 0 Å². The van der Waals surface area contributed by atoms with Crippen molar-refractivity contribution in [2.45, 2.75) is 32.6 Å². The van der Waals surface area contributed by atoms with Gasteiger partial charge in [-0.1, -0.05) is 19.8 Å². The highest BCUT2D eigenvalue weighted by atomic mass is 32.2. The van der Waals surface area contributed by atoms with E-state index in [2.05, 4.69) is 12.2 Å². The number of nitrogens with one attached hydrogen (secondary N) is 1. The molecule has 1 aliphatic rings. The van der Waals surface area contributed by atoms with Crippen molar-refractivity contribution < 1.29 is 4.21 Å². The predicted octanol–water partition coefficient (Wildman–Crippen LogP) is 1.78. The van der Waals surface area contributed by atoms with Crippen molar-refractivity contribution in [3.63, 3.8) is 0 Å². The van der Waals surface area contributed by atoms with Crippen molar-refractivity contribution in [3.8, 4) is 0 Å². The molecule has 1 fully saturated rings. The molecule has 0 spiro atoms. The molecular formula is C11H23NOS. The highest BCUT2D eigenvalue weighted by Crippen LogP contribution is 2.27. The Morgan fingerprint density at radius 2 is 1.93 bits per heavy atom. The third-order valence-corrected chi connectivity index (χ3v) is 3.91. The minimum absolute atomic E-state index is 0.640. The lowest BCUT2D eigenvalue weighted by molar-refractivity contribution is 0.283. The van der Waals surface area contributed by atoms with E-state index in [0.717, 1.165) is 30.7 Å². The van der Waals surface area contributed by atoms with E-state index in [0.29, 0.717) is 0 Å². The molecule has 1 N–H and O–H groups in total. The molecule has 1 saturated carbocycles. The molecule has 1 aliphatic carbocycles. The Kier molecular flexibility index (Phi) is 5.71. The van der Waals surface area contributed by atoms with Gasteiger partial charge in [-0.3, -0.25) is 4.21 Å². The van der Waals surface area contributed by atoms with E-state index in [1.54, 1.807) is 6.26 Å². The number of hydrogen-bond donors (Lipinski definition) is 1. The first-order chi connectivity index (χ1) is 6.68. The Bertz CT molecular complexity index is 176. The molecule has 0 amide bonds. The standard InChI is InChI=1S/C11H23NOS/c1-10-3-5-11(6-4-10)9-12-7-8-14(2)13/h10-12H,3-9H2,1-2H3. The van der Waals surface area contributed by atoms with Crippen LogP contribution in [0.5, 0.6) is 0 Å². The highest BCUT2D eigenvalue weighted by Gasteiger charge is 2.17. The van der Waals surface area contributed by atoms with Crippen LogP contribution in [0.25, 0.3) is 0 Å². The Morgan fingerprint density at radius 1 is 1.29 bits per heavy atom. The Hall–Kier alpha value is 0.110. The van der Waals surface area contributed by atoms with Gasteiger partial charge in [0.05, 0.1) is 0 Å². The second-order valence-corrected chi connectivity index (χ2v) is 6.16.